The summed E-state index contributed by atoms with van der Waals surface area (Å²) < 4.78 is 21.0. The van der Waals surface area contributed by atoms with Gasteiger partial charge in [0.15, 0.2) is 0 Å². The number of hydrogen-bond acceptors (Lipinski definition) is 4. The lowest BCUT2D eigenvalue weighted by molar-refractivity contribution is 0.0965. The van der Waals surface area contributed by atoms with Gasteiger partial charge in [0, 0.05) is 11.6 Å². The fourth-order valence-electron chi connectivity index (χ4n) is 3.53. The van der Waals surface area contributed by atoms with Gasteiger partial charge in [0.1, 0.15) is 35.5 Å². The first-order valence-electron chi connectivity index (χ1n) is 8.64. The molecule has 0 fully saturated rings. The van der Waals surface area contributed by atoms with Gasteiger partial charge in [-0.05, 0) is 42.0 Å². The second-order valence-electron chi connectivity index (χ2n) is 6.47. The van der Waals surface area contributed by atoms with E-state index in [2.05, 4.69) is 11.1 Å². The molecule has 1 aliphatic heterocycles. The molecule has 0 saturated heterocycles. The molecular weight excluding hydrogens is 357 g/mol. The minimum absolute atomic E-state index is 0.0856. The van der Waals surface area contributed by atoms with Gasteiger partial charge >= 0.3 is 0 Å². The van der Waals surface area contributed by atoms with E-state index in [0.717, 1.165) is 0 Å². The lowest BCUT2D eigenvalue weighted by Gasteiger charge is -2.13. The first-order valence-corrected chi connectivity index (χ1v) is 8.64. The van der Waals surface area contributed by atoms with Crippen LogP contribution in [0.25, 0.3) is 22.3 Å². The molecule has 2 aromatic carbocycles. The molecule has 6 heteroatoms. The summed E-state index contributed by atoms with van der Waals surface area (Å²) in [6.45, 7) is 0.0856. The number of nitrogens with zero attached hydrogens (tertiary/aromatic N) is 3. The van der Waals surface area contributed by atoms with E-state index in [1.807, 2.05) is 0 Å². The monoisotopic (exact) mass is 369 g/mol. The largest absolute Gasteiger partial charge is 0.487 e. The zero-order valence-electron chi connectivity index (χ0n) is 14.5. The number of nitriles is 1. The second-order valence-corrected chi connectivity index (χ2v) is 6.47. The smallest absolute Gasteiger partial charge is 0.268 e. The minimum atomic E-state index is -0.357. The van der Waals surface area contributed by atoms with E-state index in [1.54, 1.807) is 48.7 Å². The van der Waals surface area contributed by atoms with Gasteiger partial charge in [0.25, 0.3) is 5.91 Å². The van der Waals surface area contributed by atoms with Crippen molar-refractivity contribution in [2.45, 2.75) is 6.61 Å². The van der Waals surface area contributed by atoms with Crippen LogP contribution in [0.3, 0.4) is 0 Å². The molecular formula is C22H12FN3O2. The molecule has 0 atom stereocenters. The summed E-state index contributed by atoms with van der Waals surface area (Å²) in [4.78, 5) is 17.6. The number of fused-ring (bicyclic) bond motifs is 4. The van der Waals surface area contributed by atoms with Gasteiger partial charge in [-0.1, -0.05) is 18.2 Å². The fraction of sp³-hybridized carbons (Fsp3) is 0.0455. The number of carbonyl (C=O) groups excluding carboxylic acids is 1. The Morgan fingerprint density at radius 2 is 2.00 bits per heavy atom. The number of pyridine rings is 1. The molecule has 0 amide bonds. The first kappa shape index (κ1) is 16.2. The standard InChI is InChI=1S/C22H12FN3O2/c23-15-6-1-4-13(10-15)12-28-21-16-7-2-5-14(11-24)19(16)25-20-17-8-3-9-26(17)22(27)18(20)21/h1-10H,12H2. The van der Waals surface area contributed by atoms with Crippen molar-refractivity contribution in [3.8, 4) is 23.2 Å². The highest BCUT2D eigenvalue weighted by atomic mass is 19.1. The summed E-state index contributed by atoms with van der Waals surface area (Å²) in [5.41, 5.74) is 3.01. The Kier molecular flexibility index (Phi) is 3.49. The molecule has 0 radical (unpaired) electrons. The van der Waals surface area contributed by atoms with Crippen LogP contribution in [0, 0.1) is 17.1 Å². The van der Waals surface area contributed by atoms with Gasteiger partial charge < -0.3 is 4.74 Å². The maximum atomic E-state index is 13.5. The molecule has 0 saturated carbocycles. The molecule has 0 spiro atoms. The number of aromatic nitrogens is 2. The van der Waals surface area contributed by atoms with Gasteiger partial charge in [0.2, 0.25) is 0 Å². The lowest BCUT2D eigenvalue weighted by Crippen LogP contribution is -2.08. The van der Waals surface area contributed by atoms with Crippen molar-refractivity contribution < 1.29 is 13.9 Å². The predicted molar refractivity (Wildman–Crippen MR) is 100 cm³/mol. The van der Waals surface area contributed by atoms with Crippen LogP contribution in [0.1, 0.15) is 21.5 Å². The molecule has 0 unspecified atom stereocenters. The van der Waals surface area contributed by atoms with Crippen LogP contribution < -0.4 is 4.74 Å². The molecule has 134 valence electrons. The van der Waals surface area contributed by atoms with Crippen molar-refractivity contribution in [3.63, 3.8) is 0 Å². The van der Waals surface area contributed by atoms with Crippen LogP contribution in [-0.2, 0) is 6.61 Å². The number of hydrogen-bond donors (Lipinski definition) is 0. The Hall–Kier alpha value is -3.98. The van der Waals surface area contributed by atoms with E-state index in [9.17, 15) is 14.4 Å². The summed E-state index contributed by atoms with van der Waals surface area (Å²) in [5, 5.41) is 10.1. The van der Waals surface area contributed by atoms with Crippen LogP contribution in [0.15, 0.2) is 60.8 Å². The zero-order valence-corrected chi connectivity index (χ0v) is 14.5. The van der Waals surface area contributed by atoms with E-state index in [-0.39, 0.29) is 18.3 Å². The van der Waals surface area contributed by atoms with Gasteiger partial charge in [-0.2, -0.15) is 5.26 Å². The van der Waals surface area contributed by atoms with E-state index < -0.39 is 0 Å². The molecule has 1 aliphatic rings. The summed E-state index contributed by atoms with van der Waals surface area (Å²) in [6.07, 6.45) is 1.67. The fourth-order valence-corrected chi connectivity index (χ4v) is 3.53. The van der Waals surface area contributed by atoms with Gasteiger partial charge in [-0.15, -0.1) is 0 Å². The van der Waals surface area contributed by atoms with Crippen molar-refractivity contribution >= 4 is 16.8 Å². The number of rotatable bonds is 3. The van der Waals surface area contributed by atoms with Crippen LogP contribution >= 0.6 is 0 Å². The Morgan fingerprint density at radius 1 is 1.14 bits per heavy atom. The highest BCUT2D eigenvalue weighted by Gasteiger charge is 2.33. The van der Waals surface area contributed by atoms with Crippen molar-refractivity contribution in [1.82, 2.24) is 9.55 Å². The second kappa shape index (κ2) is 6.03. The highest BCUT2D eigenvalue weighted by molar-refractivity contribution is 6.14. The van der Waals surface area contributed by atoms with Crippen molar-refractivity contribution in [3.05, 3.63) is 83.3 Å². The Labute approximate surface area is 159 Å². The molecule has 3 heterocycles. The summed E-state index contributed by atoms with van der Waals surface area (Å²) in [7, 11) is 0. The molecule has 2 aromatic heterocycles. The highest BCUT2D eigenvalue weighted by Crippen LogP contribution is 2.41. The summed E-state index contributed by atoms with van der Waals surface area (Å²) >= 11 is 0. The Bertz CT molecular complexity index is 1320. The molecule has 4 aromatic rings. The molecule has 0 bridgehead atoms. The van der Waals surface area contributed by atoms with Crippen LogP contribution in [-0.4, -0.2) is 15.5 Å². The normalized spacial score (nSPS) is 11.9. The van der Waals surface area contributed by atoms with Gasteiger partial charge in [0.05, 0.1) is 16.8 Å². The predicted octanol–water partition coefficient (Wildman–Crippen LogP) is 4.29. The lowest BCUT2D eigenvalue weighted by atomic mass is 10.0. The van der Waals surface area contributed by atoms with Crippen molar-refractivity contribution in [2.75, 3.05) is 0 Å². The Morgan fingerprint density at radius 3 is 2.82 bits per heavy atom. The maximum absolute atomic E-state index is 13.5. The van der Waals surface area contributed by atoms with Crippen LogP contribution in [0.2, 0.25) is 0 Å². The average molecular weight is 369 g/mol. The molecule has 0 aliphatic carbocycles. The third-order valence-corrected chi connectivity index (χ3v) is 4.78. The minimum Gasteiger partial charge on any atom is -0.487 e. The summed E-state index contributed by atoms with van der Waals surface area (Å²) in [6, 6.07) is 17.0. The molecule has 0 N–H and O–H groups in total. The molecule has 5 rings (SSSR count). The SMILES string of the molecule is N#Cc1cccc2c(OCc3cccc(F)c3)c3c(nc12)-c1cccn1C3=O. The summed E-state index contributed by atoms with van der Waals surface area (Å²) in [5.74, 6) is -0.235. The van der Waals surface area contributed by atoms with Crippen LogP contribution in [0.5, 0.6) is 5.75 Å². The topological polar surface area (TPSA) is 67.9 Å². The number of benzene rings is 2. The third kappa shape index (κ3) is 2.30. The quantitative estimate of drug-likeness (QED) is 0.476. The number of ether oxygens (including phenoxy) is 1. The number of para-hydroxylation sites is 1. The third-order valence-electron chi connectivity index (χ3n) is 4.78. The maximum Gasteiger partial charge on any atom is 0.268 e. The molecule has 28 heavy (non-hydrogen) atoms. The average Bonchev–Trinajstić information content (AvgIpc) is 3.28. The molecule has 5 nitrogen and oxygen atoms in total. The zero-order chi connectivity index (χ0) is 19.3. The van der Waals surface area contributed by atoms with Crippen molar-refractivity contribution in [1.29, 1.82) is 5.26 Å². The van der Waals surface area contributed by atoms with E-state index in [1.165, 1.54) is 16.7 Å². The van der Waals surface area contributed by atoms with Crippen molar-refractivity contribution in [2.24, 2.45) is 0 Å². The first-order chi connectivity index (χ1) is 13.7. The van der Waals surface area contributed by atoms with E-state index in [0.29, 0.717) is 44.7 Å². The number of carbonyl (C=O) groups is 1. The van der Waals surface area contributed by atoms with E-state index >= 15 is 0 Å². The Balaban J connectivity index is 1.73. The van der Waals surface area contributed by atoms with Gasteiger partial charge in [-0.3, -0.25) is 9.36 Å². The van der Waals surface area contributed by atoms with Gasteiger partial charge in [-0.25, -0.2) is 9.37 Å². The van der Waals surface area contributed by atoms with E-state index in [4.69, 9.17) is 4.74 Å². The van der Waals surface area contributed by atoms with Crippen LogP contribution in [0.4, 0.5) is 4.39 Å². The number of halogens is 1.